The SMILES string of the molecule is CC(=O)Nc1ccc2c(ccn2Cc2ccc(-c3ccn(C)n3)cc2)c1. The lowest BCUT2D eigenvalue weighted by atomic mass is 10.1. The van der Waals surface area contributed by atoms with Crippen molar-refractivity contribution < 1.29 is 4.79 Å². The number of aryl methyl sites for hydroxylation is 1. The molecule has 0 fully saturated rings. The summed E-state index contributed by atoms with van der Waals surface area (Å²) < 4.78 is 4.02. The molecule has 0 saturated heterocycles. The summed E-state index contributed by atoms with van der Waals surface area (Å²) in [6, 6.07) is 18.6. The van der Waals surface area contributed by atoms with Crippen LogP contribution in [0.3, 0.4) is 0 Å². The number of aromatic nitrogens is 3. The van der Waals surface area contributed by atoms with Crippen molar-refractivity contribution in [1.29, 1.82) is 0 Å². The summed E-state index contributed by atoms with van der Waals surface area (Å²) in [5, 5.41) is 8.37. The van der Waals surface area contributed by atoms with Gasteiger partial charge in [0.1, 0.15) is 0 Å². The summed E-state index contributed by atoms with van der Waals surface area (Å²) in [7, 11) is 1.92. The molecule has 4 aromatic rings. The van der Waals surface area contributed by atoms with Gasteiger partial charge in [-0.3, -0.25) is 9.48 Å². The van der Waals surface area contributed by atoms with Crippen molar-refractivity contribution in [1.82, 2.24) is 14.3 Å². The lowest BCUT2D eigenvalue weighted by Crippen LogP contribution is -2.05. The number of amides is 1. The molecule has 1 N–H and O–H groups in total. The van der Waals surface area contributed by atoms with Gasteiger partial charge < -0.3 is 9.88 Å². The van der Waals surface area contributed by atoms with Crippen LogP contribution in [0, 0.1) is 0 Å². The van der Waals surface area contributed by atoms with Crippen LogP contribution in [0.15, 0.2) is 67.0 Å². The predicted octanol–water partition coefficient (Wildman–Crippen LogP) is 4.05. The standard InChI is InChI=1S/C21H20N4O/c1-15(26)22-19-7-8-21-18(13-19)9-12-25(21)14-16-3-5-17(6-4-16)20-10-11-24(2)23-20/h3-13H,14H2,1-2H3,(H,22,26). The molecule has 5 heteroatoms. The van der Waals surface area contributed by atoms with Gasteiger partial charge in [0.25, 0.3) is 0 Å². The van der Waals surface area contributed by atoms with Crippen LogP contribution in [0.5, 0.6) is 0 Å². The fourth-order valence-corrected chi connectivity index (χ4v) is 3.17. The van der Waals surface area contributed by atoms with Crippen molar-refractivity contribution >= 4 is 22.5 Å². The highest BCUT2D eigenvalue weighted by Crippen LogP contribution is 2.23. The molecule has 0 saturated carbocycles. The molecule has 2 heterocycles. The molecule has 0 bridgehead atoms. The van der Waals surface area contributed by atoms with Crippen molar-refractivity contribution in [2.75, 3.05) is 5.32 Å². The minimum absolute atomic E-state index is 0.0585. The summed E-state index contributed by atoms with van der Waals surface area (Å²) in [6.45, 7) is 2.31. The van der Waals surface area contributed by atoms with Crippen molar-refractivity contribution in [2.24, 2.45) is 7.05 Å². The average Bonchev–Trinajstić information content (AvgIpc) is 3.21. The Morgan fingerprint density at radius 1 is 1.04 bits per heavy atom. The summed E-state index contributed by atoms with van der Waals surface area (Å²) in [5.74, 6) is -0.0585. The van der Waals surface area contributed by atoms with E-state index in [2.05, 4.69) is 51.5 Å². The molecule has 2 aromatic heterocycles. The van der Waals surface area contributed by atoms with E-state index in [1.807, 2.05) is 42.2 Å². The van der Waals surface area contributed by atoms with Gasteiger partial charge >= 0.3 is 0 Å². The Kier molecular flexibility index (Phi) is 4.05. The molecular weight excluding hydrogens is 324 g/mol. The number of hydrogen-bond donors (Lipinski definition) is 1. The van der Waals surface area contributed by atoms with Gasteiger partial charge in [-0.15, -0.1) is 0 Å². The maximum atomic E-state index is 11.2. The van der Waals surface area contributed by atoms with E-state index < -0.39 is 0 Å². The van der Waals surface area contributed by atoms with Gasteiger partial charge in [0.05, 0.1) is 5.69 Å². The van der Waals surface area contributed by atoms with E-state index in [1.54, 1.807) is 0 Å². The number of carbonyl (C=O) groups excluding carboxylic acids is 1. The van der Waals surface area contributed by atoms with Gasteiger partial charge in [-0.05, 0) is 35.9 Å². The Labute approximate surface area is 151 Å². The fraction of sp³-hybridized carbons (Fsp3) is 0.143. The van der Waals surface area contributed by atoms with E-state index in [9.17, 15) is 4.79 Å². The van der Waals surface area contributed by atoms with Gasteiger partial charge in [-0.25, -0.2) is 0 Å². The van der Waals surface area contributed by atoms with Crippen LogP contribution < -0.4 is 5.32 Å². The number of hydrogen-bond acceptors (Lipinski definition) is 2. The van der Waals surface area contributed by atoms with Crippen molar-refractivity contribution in [3.05, 3.63) is 72.6 Å². The molecular formula is C21H20N4O. The van der Waals surface area contributed by atoms with Gasteiger partial charge in [0.2, 0.25) is 5.91 Å². The first kappa shape index (κ1) is 16.1. The summed E-state index contributed by atoms with van der Waals surface area (Å²) in [4.78, 5) is 11.2. The van der Waals surface area contributed by atoms with Crippen molar-refractivity contribution in [3.63, 3.8) is 0 Å². The lowest BCUT2D eigenvalue weighted by Gasteiger charge is -2.08. The second-order valence-electron chi connectivity index (χ2n) is 6.47. The molecule has 5 nitrogen and oxygen atoms in total. The Balaban J connectivity index is 1.56. The molecule has 2 aromatic carbocycles. The highest BCUT2D eigenvalue weighted by Gasteiger charge is 2.05. The Morgan fingerprint density at radius 3 is 2.54 bits per heavy atom. The number of carbonyl (C=O) groups is 1. The molecule has 0 spiro atoms. The van der Waals surface area contributed by atoms with Crippen LogP contribution >= 0.6 is 0 Å². The lowest BCUT2D eigenvalue weighted by molar-refractivity contribution is -0.114. The first-order valence-corrected chi connectivity index (χ1v) is 8.54. The van der Waals surface area contributed by atoms with E-state index in [1.165, 1.54) is 12.5 Å². The first-order chi connectivity index (χ1) is 12.6. The van der Waals surface area contributed by atoms with Gasteiger partial charge in [0, 0.05) is 55.1 Å². The first-order valence-electron chi connectivity index (χ1n) is 8.54. The van der Waals surface area contributed by atoms with Crippen LogP contribution in [-0.2, 0) is 18.4 Å². The highest BCUT2D eigenvalue weighted by molar-refractivity contribution is 5.92. The molecule has 130 valence electrons. The number of rotatable bonds is 4. The summed E-state index contributed by atoms with van der Waals surface area (Å²) >= 11 is 0. The molecule has 0 aliphatic heterocycles. The van der Waals surface area contributed by atoms with Crippen LogP contribution in [0.4, 0.5) is 5.69 Å². The van der Waals surface area contributed by atoms with Crippen molar-refractivity contribution in [3.8, 4) is 11.3 Å². The minimum atomic E-state index is -0.0585. The number of nitrogens with one attached hydrogen (secondary N) is 1. The summed E-state index contributed by atoms with van der Waals surface area (Å²) in [6.07, 6.45) is 4.03. The van der Waals surface area contributed by atoms with Gasteiger partial charge in [0.15, 0.2) is 0 Å². The molecule has 4 rings (SSSR count). The van der Waals surface area contributed by atoms with Crippen LogP contribution in [-0.4, -0.2) is 20.3 Å². The van der Waals surface area contributed by atoms with E-state index in [4.69, 9.17) is 0 Å². The molecule has 26 heavy (non-hydrogen) atoms. The maximum Gasteiger partial charge on any atom is 0.221 e. The largest absolute Gasteiger partial charge is 0.343 e. The number of nitrogens with zero attached hydrogens (tertiary/aromatic N) is 3. The molecule has 0 atom stereocenters. The average molecular weight is 344 g/mol. The molecule has 0 radical (unpaired) electrons. The van der Waals surface area contributed by atoms with Gasteiger partial charge in [-0.2, -0.15) is 5.10 Å². The monoisotopic (exact) mass is 344 g/mol. The third-order valence-corrected chi connectivity index (χ3v) is 4.41. The minimum Gasteiger partial charge on any atom is -0.343 e. The molecule has 1 amide bonds. The Morgan fingerprint density at radius 2 is 1.85 bits per heavy atom. The number of benzene rings is 2. The number of anilines is 1. The highest BCUT2D eigenvalue weighted by atomic mass is 16.1. The van der Waals surface area contributed by atoms with E-state index >= 15 is 0 Å². The number of fused-ring (bicyclic) bond motifs is 1. The van der Waals surface area contributed by atoms with Crippen LogP contribution in [0.1, 0.15) is 12.5 Å². The molecule has 0 aliphatic carbocycles. The molecule has 0 unspecified atom stereocenters. The van der Waals surface area contributed by atoms with E-state index in [0.29, 0.717) is 0 Å². The zero-order valence-corrected chi connectivity index (χ0v) is 14.8. The topological polar surface area (TPSA) is 51.9 Å². The smallest absolute Gasteiger partial charge is 0.221 e. The second kappa shape index (κ2) is 6.52. The third kappa shape index (κ3) is 3.24. The fourth-order valence-electron chi connectivity index (χ4n) is 3.17. The molecule has 0 aliphatic rings. The zero-order chi connectivity index (χ0) is 18.1. The van der Waals surface area contributed by atoms with Crippen LogP contribution in [0.25, 0.3) is 22.2 Å². The summed E-state index contributed by atoms with van der Waals surface area (Å²) in [5.41, 5.74) is 5.30. The zero-order valence-electron chi connectivity index (χ0n) is 14.8. The van der Waals surface area contributed by atoms with E-state index in [-0.39, 0.29) is 5.91 Å². The van der Waals surface area contributed by atoms with Crippen LogP contribution in [0.2, 0.25) is 0 Å². The second-order valence-corrected chi connectivity index (χ2v) is 6.47. The predicted molar refractivity (Wildman–Crippen MR) is 104 cm³/mol. The normalized spacial score (nSPS) is 11.0. The third-order valence-electron chi connectivity index (χ3n) is 4.41. The maximum absolute atomic E-state index is 11.2. The quantitative estimate of drug-likeness (QED) is 0.607. The van der Waals surface area contributed by atoms with E-state index in [0.717, 1.165) is 34.4 Å². The van der Waals surface area contributed by atoms with Gasteiger partial charge in [-0.1, -0.05) is 24.3 Å². The van der Waals surface area contributed by atoms with Crippen molar-refractivity contribution in [2.45, 2.75) is 13.5 Å². The Bertz CT molecular complexity index is 1070. The Hall–Kier alpha value is -3.34.